The number of hydrogen-bond acceptors (Lipinski definition) is 5. The number of rotatable bonds is 7. The molecule has 0 radical (unpaired) electrons. The van der Waals surface area contributed by atoms with Crippen molar-refractivity contribution in [1.82, 2.24) is 25.3 Å². The normalized spacial score (nSPS) is 22.4. The second-order valence-electron chi connectivity index (χ2n) is 10.9. The summed E-state index contributed by atoms with van der Waals surface area (Å²) in [7, 11) is 0. The van der Waals surface area contributed by atoms with Crippen LogP contribution >= 0.6 is 0 Å². The Morgan fingerprint density at radius 3 is 2.62 bits per heavy atom. The lowest BCUT2D eigenvalue weighted by Crippen LogP contribution is -2.51. The van der Waals surface area contributed by atoms with E-state index in [9.17, 15) is 14.4 Å². The zero-order chi connectivity index (χ0) is 27.9. The van der Waals surface area contributed by atoms with E-state index in [4.69, 9.17) is 0 Å². The number of fused-ring (bicyclic) bond motifs is 1. The summed E-state index contributed by atoms with van der Waals surface area (Å²) < 4.78 is 0. The molecule has 4 rings (SSSR count). The van der Waals surface area contributed by atoms with Gasteiger partial charge in [-0.3, -0.25) is 14.4 Å². The standard InChI is InChI=1S/C31H41N5O3/c1-5-11-23(31(39)36-18-16-35(17-19-36)30(38)21(2)3)12-9-10-14-25-22(4)32-24-13-7-6-8-15-26-27(20-24)28(25)33-34-29(26)37/h5,8-11,13,15,21-22,25,32H,1,6-7,12,14,16-20H2,2-4H3,(H,34,37)/b10-9-,15-8-,23-11+,24-13?. The van der Waals surface area contributed by atoms with Gasteiger partial charge in [0.2, 0.25) is 11.8 Å². The van der Waals surface area contributed by atoms with Crippen LogP contribution in [0.2, 0.25) is 0 Å². The molecule has 208 valence electrons. The zero-order valence-corrected chi connectivity index (χ0v) is 23.4. The van der Waals surface area contributed by atoms with Gasteiger partial charge in [-0.25, -0.2) is 5.10 Å². The molecule has 2 aliphatic heterocycles. The second kappa shape index (κ2) is 12.9. The number of carbonyl (C=O) groups is 2. The number of hydrogen-bond donors (Lipinski definition) is 2. The van der Waals surface area contributed by atoms with Gasteiger partial charge in [0.15, 0.2) is 0 Å². The molecule has 2 amide bonds. The third-order valence-corrected chi connectivity index (χ3v) is 7.76. The summed E-state index contributed by atoms with van der Waals surface area (Å²) in [5.41, 5.74) is 4.30. The molecule has 0 aromatic carbocycles. The van der Waals surface area contributed by atoms with Gasteiger partial charge in [0, 0.05) is 67.3 Å². The predicted octanol–water partition coefficient (Wildman–Crippen LogP) is 3.85. The van der Waals surface area contributed by atoms with E-state index >= 15 is 0 Å². The first-order valence-electron chi connectivity index (χ1n) is 14.1. The molecule has 39 heavy (non-hydrogen) atoms. The van der Waals surface area contributed by atoms with Gasteiger partial charge in [0.05, 0.1) is 5.69 Å². The Morgan fingerprint density at radius 1 is 1.15 bits per heavy atom. The maximum absolute atomic E-state index is 13.3. The maximum atomic E-state index is 13.3. The zero-order valence-electron chi connectivity index (χ0n) is 23.4. The van der Waals surface area contributed by atoms with Crippen molar-refractivity contribution in [2.75, 3.05) is 26.2 Å². The molecule has 3 aliphatic rings. The fourth-order valence-corrected chi connectivity index (χ4v) is 5.58. The minimum absolute atomic E-state index is 0.00838. The highest BCUT2D eigenvalue weighted by atomic mass is 16.2. The van der Waals surface area contributed by atoms with E-state index in [1.165, 1.54) is 0 Å². The van der Waals surface area contributed by atoms with Gasteiger partial charge in [0.1, 0.15) is 0 Å². The fraction of sp³-hybridized carbons (Fsp3) is 0.484. The van der Waals surface area contributed by atoms with Crippen molar-refractivity contribution in [1.29, 1.82) is 0 Å². The third kappa shape index (κ3) is 6.67. The second-order valence-corrected chi connectivity index (χ2v) is 10.9. The van der Waals surface area contributed by atoms with Crippen LogP contribution in [0.5, 0.6) is 0 Å². The molecule has 0 spiro atoms. The first-order chi connectivity index (χ1) is 18.8. The van der Waals surface area contributed by atoms with Gasteiger partial charge >= 0.3 is 0 Å². The molecule has 1 aromatic heterocycles. The van der Waals surface area contributed by atoms with Crippen LogP contribution in [0.25, 0.3) is 6.08 Å². The van der Waals surface area contributed by atoms with Gasteiger partial charge < -0.3 is 15.1 Å². The number of H-pyrrole nitrogens is 1. The van der Waals surface area contributed by atoms with Crippen LogP contribution in [0.4, 0.5) is 0 Å². The van der Waals surface area contributed by atoms with E-state index in [0.29, 0.717) is 50.2 Å². The van der Waals surface area contributed by atoms with Crippen LogP contribution in [-0.4, -0.2) is 64.0 Å². The molecule has 2 atom stereocenters. The Morgan fingerprint density at radius 2 is 1.90 bits per heavy atom. The summed E-state index contributed by atoms with van der Waals surface area (Å²) in [5.74, 6) is 0.160. The van der Waals surface area contributed by atoms with Crippen molar-refractivity contribution < 1.29 is 9.59 Å². The highest BCUT2D eigenvalue weighted by Gasteiger charge is 2.30. The van der Waals surface area contributed by atoms with E-state index in [2.05, 4.69) is 47.2 Å². The van der Waals surface area contributed by atoms with E-state index < -0.39 is 0 Å². The number of amides is 2. The van der Waals surface area contributed by atoms with Gasteiger partial charge in [0.25, 0.3) is 5.56 Å². The number of nitrogens with zero attached hydrogens (tertiary/aromatic N) is 3. The summed E-state index contributed by atoms with van der Waals surface area (Å²) >= 11 is 0. The van der Waals surface area contributed by atoms with Crippen LogP contribution in [0, 0.1) is 5.92 Å². The van der Waals surface area contributed by atoms with Crippen LogP contribution < -0.4 is 10.9 Å². The Balaban J connectivity index is 1.45. The number of aromatic amines is 1. The Labute approximate surface area is 231 Å². The van der Waals surface area contributed by atoms with E-state index in [1.807, 2.05) is 35.8 Å². The molecule has 1 saturated heterocycles. The lowest BCUT2D eigenvalue weighted by Gasteiger charge is -2.36. The van der Waals surface area contributed by atoms with Crippen LogP contribution in [0.3, 0.4) is 0 Å². The molecule has 8 heteroatoms. The summed E-state index contributed by atoms with van der Waals surface area (Å²) in [6, 6.07) is 0.131. The summed E-state index contributed by atoms with van der Waals surface area (Å²) in [5, 5.41) is 10.9. The summed E-state index contributed by atoms with van der Waals surface area (Å²) in [6.45, 7) is 12.0. The lowest BCUT2D eigenvalue weighted by molar-refractivity contribution is -0.139. The predicted molar refractivity (Wildman–Crippen MR) is 155 cm³/mol. The summed E-state index contributed by atoms with van der Waals surface area (Å²) in [6.07, 6.45) is 17.5. The smallest absolute Gasteiger partial charge is 0.271 e. The van der Waals surface area contributed by atoms with Crippen molar-refractivity contribution >= 4 is 17.9 Å². The van der Waals surface area contributed by atoms with Crippen molar-refractivity contribution in [3.63, 3.8) is 0 Å². The van der Waals surface area contributed by atoms with Gasteiger partial charge in [-0.1, -0.05) is 63.0 Å². The Kier molecular flexibility index (Phi) is 9.38. The first-order valence-corrected chi connectivity index (χ1v) is 14.1. The van der Waals surface area contributed by atoms with Crippen molar-refractivity contribution in [3.05, 3.63) is 81.5 Å². The first kappa shape index (κ1) is 28.3. The molecule has 3 heterocycles. The lowest BCUT2D eigenvalue weighted by atomic mass is 9.89. The highest BCUT2D eigenvalue weighted by molar-refractivity contribution is 5.94. The van der Waals surface area contributed by atoms with Crippen molar-refractivity contribution in [2.24, 2.45) is 5.92 Å². The van der Waals surface area contributed by atoms with Gasteiger partial charge in [-0.05, 0) is 38.2 Å². The topological polar surface area (TPSA) is 98.4 Å². The highest BCUT2D eigenvalue weighted by Crippen LogP contribution is 2.32. The molecule has 8 nitrogen and oxygen atoms in total. The number of aromatic nitrogens is 2. The van der Waals surface area contributed by atoms with Gasteiger partial charge in [-0.2, -0.15) is 5.10 Å². The average Bonchev–Trinajstić information content (AvgIpc) is 2.98. The average molecular weight is 532 g/mol. The molecule has 1 aromatic rings. The van der Waals surface area contributed by atoms with Crippen LogP contribution in [0.15, 0.2) is 59.1 Å². The Bertz CT molecular complexity index is 1260. The number of piperazine rings is 1. The minimum Gasteiger partial charge on any atom is -0.385 e. The van der Waals surface area contributed by atoms with E-state index in [0.717, 1.165) is 36.2 Å². The largest absolute Gasteiger partial charge is 0.385 e. The van der Waals surface area contributed by atoms with E-state index in [-0.39, 0.29) is 35.3 Å². The Hall–Kier alpha value is -3.68. The molecular weight excluding hydrogens is 490 g/mol. The van der Waals surface area contributed by atoms with Crippen molar-refractivity contribution in [2.45, 2.75) is 64.8 Å². The third-order valence-electron chi connectivity index (χ3n) is 7.76. The fourth-order valence-electron chi connectivity index (χ4n) is 5.58. The van der Waals surface area contributed by atoms with E-state index in [1.54, 1.807) is 12.2 Å². The molecule has 2 bridgehead atoms. The molecular formula is C31H41N5O3. The quantitative estimate of drug-likeness (QED) is 0.316. The van der Waals surface area contributed by atoms with Crippen LogP contribution in [-0.2, 0) is 16.0 Å². The van der Waals surface area contributed by atoms with Crippen molar-refractivity contribution in [3.8, 4) is 0 Å². The minimum atomic E-state index is -0.151. The number of nitrogens with one attached hydrogen (secondary N) is 2. The number of carbonyl (C=O) groups excluding carboxylic acids is 2. The van der Waals surface area contributed by atoms with Gasteiger partial charge in [-0.15, -0.1) is 0 Å². The molecule has 0 saturated carbocycles. The molecule has 1 aliphatic carbocycles. The maximum Gasteiger partial charge on any atom is 0.271 e. The number of allylic oxidation sites excluding steroid dienone is 7. The summed E-state index contributed by atoms with van der Waals surface area (Å²) in [4.78, 5) is 41.8. The van der Waals surface area contributed by atoms with Crippen LogP contribution in [0.1, 0.15) is 69.2 Å². The molecule has 1 fully saturated rings. The monoisotopic (exact) mass is 531 g/mol. The molecule has 2 unspecified atom stereocenters. The molecule has 2 N–H and O–H groups in total. The SMILES string of the molecule is C=C/C=C(\C/C=C\CC1c2n[nH]c(=O)c3c2CC(=CCC/C=C\3)NC1C)C(=O)N1CCN(C(=O)C(C)C)CC1.